The predicted octanol–water partition coefficient (Wildman–Crippen LogP) is 2.30. The molecule has 2 rings (SSSR count). The average Bonchev–Trinajstić information content (AvgIpc) is 2.80. The predicted molar refractivity (Wildman–Crippen MR) is 90.0 cm³/mol. The molecular weight excluding hydrogens is 308 g/mol. The molecule has 6 heteroatoms. The van der Waals surface area contributed by atoms with Gasteiger partial charge >= 0.3 is 5.97 Å². The van der Waals surface area contributed by atoms with Crippen molar-refractivity contribution in [2.24, 2.45) is 0 Å². The summed E-state index contributed by atoms with van der Waals surface area (Å²) in [7, 11) is 3.32. The molecule has 0 aromatic heterocycles. The molecule has 24 heavy (non-hydrogen) atoms. The van der Waals surface area contributed by atoms with E-state index in [0.29, 0.717) is 24.0 Å². The summed E-state index contributed by atoms with van der Waals surface area (Å²) in [4.78, 5) is 37.6. The van der Waals surface area contributed by atoms with Gasteiger partial charge in [0.05, 0.1) is 0 Å². The van der Waals surface area contributed by atoms with Gasteiger partial charge in [0, 0.05) is 25.2 Å². The topological polar surface area (TPSA) is 86.7 Å². The lowest BCUT2D eigenvalue weighted by atomic mass is 9.89. The molecule has 130 valence electrons. The molecule has 0 atom stereocenters. The van der Waals surface area contributed by atoms with Gasteiger partial charge in [-0.05, 0) is 37.1 Å². The van der Waals surface area contributed by atoms with Crippen LogP contribution in [0.2, 0.25) is 0 Å². The Bertz CT molecular complexity index is 614. The van der Waals surface area contributed by atoms with Crippen molar-refractivity contribution < 1.29 is 19.5 Å². The summed E-state index contributed by atoms with van der Waals surface area (Å²) in [6.07, 6.45) is 4.47. The number of hydrogen-bond acceptors (Lipinski definition) is 3. The SMILES string of the molecule is CN(C)C(=O)c1ccc(C(=O)NC2(C(=O)O)CCCCCC2)cc1. The molecule has 0 unspecified atom stereocenters. The molecule has 2 N–H and O–H groups in total. The van der Waals surface area contributed by atoms with Crippen LogP contribution in [0.4, 0.5) is 0 Å². The molecule has 1 aliphatic rings. The summed E-state index contributed by atoms with van der Waals surface area (Å²) >= 11 is 0. The minimum absolute atomic E-state index is 0.146. The van der Waals surface area contributed by atoms with Crippen LogP contribution in [0.1, 0.15) is 59.2 Å². The van der Waals surface area contributed by atoms with Gasteiger partial charge < -0.3 is 15.3 Å². The Balaban J connectivity index is 2.15. The molecule has 0 radical (unpaired) electrons. The number of aliphatic carboxylic acids is 1. The second-order valence-corrected chi connectivity index (χ2v) is 6.53. The molecule has 1 fully saturated rings. The van der Waals surface area contributed by atoms with Gasteiger partial charge in [0.1, 0.15) is 5.54 Å². The van der Waals surface area contributed by atoms with Crippen LogP contribution in [0.5, 0.6) is 0 Å². The zero-order valence-electron chi connectivity index (χ0n) is 14.2. The van der Waals surface area contributed by atoms with Crippen molar-refractivity contribution in [3.63, 3.8) is 0 Å². The summed E-state index contributed by atoms with van der Waals surface area (Å²) in [5.74, 6) is -1.53. The Morgan fingerprint density at radius 2 is 1.46 bits per heavy atom. The lowest BCUT2D eigenvalue weighted by molar-refractivity contribution is -0.145. The second kappa shape index (κ2) is 7.47. The standard InChI is InChI=1S/C18H24N2O4/c1-20(2)16(22)14-9-7-13(8-10-14)15(21)19-18(17(23)24)11-5-3-4-6-12-18/h7-10H,3-6,11-12H2,1-2H3,(H,19,21)(H,23,24). The van der Waals surface area contributed by atoms with E-state index in [0.717, 1.165) is 25.7 Å². The highest BCUT2D eigenvalue weighted by atomic mass is 16.4. The molecule has 0 aliphatic heterocycles. The Morgan fingerprint density at radius 3 is 1.92 bits per heavy atom. The fourth-order valence-corrected chi connectivity index (χ4v) is 3.04. The number of carboxylic acid groups (broad SMARTS) is 1. The van der Waals surface area contributed by atoms with Gasteiger partial charge in [0.2, 0.25) is 0 Å². The Labute approximate surface area is 141 Å². The maximum atomic E-state index is 12.5. The molecule has 0 saturated heterocycles. The number of hydrogen-bond donors (Lipinski definition) is 2. The lowest BCUT2D eigenvalue weighted by Gasteiger charge is -2.29. The van der Waals surface area contributed by atoms with E-state index < -0.39 is 17.4 Å². The number of carboxylic acids is 1. The molecule has 1 saturated carbocycles. The minimum atomic E-state index is -1.19. The normalized spacial score (nSPS) is 16.8. The monoisotopic (exact) mass is 332 g/mol. The highest BCUT2D eigenvalue weighted by Gasteiger charge is 2.40. The van der Waals surface area contributed by atoms with Crippen LogP contribution in [0, 0.1) is 0 Å². The van der Waals surface area contributed by atoms with Gasteiger partial charge in [0.15, 0.2) is 0 Å². The van der Waals surface area contributed by atoms with Crippen LogP contribution in [0.3, 0.4) is 0 Å². The number of rotatable bonds is 4. The van der Waals surface area contributed by atoms with Gasteiger partial charge in [-0.2, -0.15) is 0 Å². The Hall–Kier alpha value is -2.37. The van der Waals surface area contributed by atoms with Crippen molar-refractivity contribution in [2.45, 2.75) is 44.1 Å². The van der Waals surface area contributed by atoms with Crippen molar-refractivity contribution in [2.75, 3.05) is 14.1 Å². The highest BCUT2D eigenvalue weighted by molar-refractivity contribution is 5.99. The highest BCUT2D eigenvalue weighted by Crippen LogP contribution is 2.28. The van der Waals surface area contributed by atoms with Crippen molar-refractivity contribution in [1.82, 2.24) is 10.2 Å². The zero-order valence-corrected chi connectivity index (χ0v) is 14.2. The van der Waals surface area contributed by atoms with E-state index in [2.05, 4.69) is 5.32 Å². The van der Waals surface area contributed by atoms with Gasteiger partial charge in [0.25, 0.3) is 11.8 Å². The third-order valence-electron chi connectivity index (χ3n) is 4.52. The van der Waals surface area contributed by atoms with E-state index in [1.807, 2.05) is 0 Å². The largest absolute Gasteiger partial charge is 0.480 e. The fourth-order valence-electron chi connectivity index (χ4n) is 3.04. The molecule has 1 aromatic carbocycles. The molecular formula is C18H24N2O4. The summed E-state index contributed by atoms with van der Waals surface area (Å²) in [6, 6.07) is 6.27. The molecule has 1 aliphatic carbocycles. The van der Waals surface area contributed by atoms with Crippen molar-refractivity contribution >= 4 is 17.8 Å². The summed E-state index contributed by atoms with van der Waals surface area (Å²) in [5, 5.41) is 12.3. The van der Waals surface area contributed by atoms with Crippen LogP contribution in [-0.4, -0.2) is 47.4 Å². The molecule has 1 aromatic rings. The first-order chi connectivity index (χ1) is 11.4. The zero-order chi connectivity index (χ0) is 17.7. The Kier molecular flexibility index (Phi) is 5.59. The molecule has 6 nitrogen and oxygen atoms in total. The minimum Gasteiger partial charge on any atom is -0.480 e. The van der Waals surface area contributed by atoms with Gasteiger partial charge in [-0.25, -0.2) is 4.79 Å². The Morgan fingerprint density at radius 1 is 0.958 bits per heavy atom. The number of amides is 2. The number of nitrogens with zero attached hydrogens (tertiary/aromatic N) is 1. The summed E-state index contributed by atoms with van der Waals surface area (Å²) in [6.45, 7) is 0. The van der Waals surface area contributed by atoms with E-state index in [-0.39, 0.29) is 5.91 Å². The third-order valence-corrected chi connectivity index (χ3v) is 4.52. The molecule has 0 heterocycles. The van der Waals surface area contributed by atoms with Gasteiger partial charge in [-0.1, -0.05) is 25.7 Å². The van der Waals surface area contributed by atoms with Crippen molar-refractivity contribution in [3.8, 4) is 0 Å². The molecule has 2 amide bonds. The second-order valence-electron chi connectivity index (χ2n) is 6.53. The maximum Gasteiger partial charge on any atom is 0.329 e. The van der Waals surface area contributed by atoms with E-state index in [1.165, 1.54) is 4.90 Å². The molecule has 0 spiro atoms. The van der Waals surface area contributed by atoms with E-state index in [1.54, 1.807) is 38.4 Å². The smallest absolute Gasteiger partial charge is 0.329 e. The summed E-state index contributed by atoms with van der Waals surface area (Å²) in [5.41, 5.74) is -0.347. The first-order valence-electron chi connectivity index (χ1n) is 8.23. The third kappa shape index (κ3) is 3.93. The van der Waals surface area contributed by atoms with E-state index in [9.17, 15) is 19.5 Å². The van der Waals surface area contributed by atoms with Crippen LogP contribution in [0.25, 0.3) is 0 Å². The van der Waals surface area contributed by atoms with Crippen molar-refractivity contribution in [1.29, 1.82) is 0 Å². The maximum absolute atomic E-state index is 12.5. The van der Waals surface area contributed by atoms with Gasteiger partial charge in [-0.3, -0.25) is 9.59 Å². The van der Waals surface area contributed by atoms with Crippen LogP contribution in [-0.2, 0) is 4.79 Å². The van der Waals surface area contributed by atoms with E-state index in [4.69, 9.17) is 0 Å². The van der Waals surface area contributed by atoms with Crippen LogP contribution >= 0.6 is 0 Å². The van der Waals surface area contributed by atoms with Gasteiger partial charge in [-0.15, -0.1) is 0 Å². The first-order valence-corrected chi connectivity index (χ1v) is 8.23. The average molecular weight is 332 g/mol. The number of carbonyl (C=O) groups is 3. The summed E-state index contributed by atoms with van der Waals surface area (Å²) < 4.78 is 0. The number of nitrogens with one attached hydrogen (secondary N) is 1. The van der Waals surface area contributed by atoms with Crippen LogP contribution < -0.4 is 5.32 Å². The molecule has 0 bridgehead atoms. The number of benzene rings is 1. The van der Waals surface area contributed by atoms with Crippen LogP contribution in [0.15, 0.2) is 24.3 Å². The lowest BCUT2D eigenvalue weighted by Crippen LogP contribution is -2.54. The van der Waals surface area contributed by atoms with Crippen molar-refractivity contribution in [3.05, 3.63) is 35.4 Å². The fraction of sp³-hybridized carbons (Fsp3) is 0.500. The number of carbonyl (C=O) groups excluding carboxylic acids is 2. The quantitative estimate of drug-likeness (QED) is 0.828. The van der Waals surface area contributed by atoms with E-state index >= 15 is 0 Å². The first kappa shape index (κ1) is 18.0.